The zero-order valence-corrected chi connectivity index (χ0v) is 15.4. The standard InChI is InChI=1S/C16H20ClN5O3/c1-16(2,3)13-14(23)19-15(22-20-13)21-18-8-9-6-7-10(24-4)12(25-5)11(9)17/h6-8H,1-5H3,(H2,19,21,22,23)/b18-8+. The number of ether oxygens (including phenoxy) is 2. The zero-order valence-electron chi connectivity index (χ0n) is 14.7. The summed E-state index contributed by atoms with van der Waals surface area (Å²) in [5.41, 5.74) is 2.86. The molecule has 0 aliphatic carbocycles. The Morgan fingerprint density at radius 3 is 2.52 bits per heavy atom. The van der Waals surface area contributed by atoms with Crippen molar-refractivity contribution < 1.29 is 9.47 Å². The maximum Gasteiger partial charge on any atom is 0.274 e. The first-order chi connectivity index (χ1) is 11.8. The van der Waals surface area contributed by atoms with Gasteiger partial charge >= 0.3 is 0 Å². The van der Waals surface area contributed by atoms with E-state index in [1.54, 1.807) is 12.1 Å². The molecule has 2 N–H and O–H groups in total. The molecular weight excluding hydrogens is 346 g/mol. The summed E-state index contributed by atoms with van der Waals surface area (Å²) >= 11 is 6.26. The number of rotatable bonds is 5. The number of aromatic amines is 1. The third-order valence-electron chi connectivity index (χ3n) is 3.30. The molecule has 1 aromatic carbocycles. The minimum atomic E-state index is -0.393. The highest BCUT2D eigenvalue weighted by atomic mass is 35.5. The molecule has 0 unspecified atom stereocenters. The van der Waals surface area contributed by atoms with Crippen LogP contribution < -0.4 is 20.5 Å². The van der Waals surface area contributed by atoms with E-state index in [1.807, 2.05) is 20.8 Å². The summed E-state index contributed by atoms with van der Waals surface area (Å²) in [6.07, 6.45) is 1.47. The molecule has 0 spiro atoms. The van der Waals surface area contributed by atoms with Gasteiger partial charge in [-0.1, -0.05) is 32.4 Å². The van der Waals surface area contributed by atoms with E-state index in [0.717, 1.165) is 0 Å². The summed E-state index contributed by atoms with van der Waals surface area (Å²) in [5.74, 6) is 1.06. The fraction of sp³-hybridized carbons (Fsp3) is 0.375. The third-order valence-corrected chi connectivity index (χ3v) is 3.69. The number of H-pyrrole nitrogens is 1. The van der Waals surface area contributed by atoms with Crippen LogP contribution in [0.4, 0.5) is 5.95 Å². The average molecular weight is 366 g/mol. The molecule has 0 atom stereocenters. The van der Waals surface area contributed by atoms with E-state index in [2.05, 4.69) is 25.7 Å². The summed E-state index contributed by atoms with van der Waals surface area (Å²) in [5, 5.41) is 12.2. The lowest BCUT2D eigenvalue weighted by atomic mass is 9.93. The summed E-state index contributed by atoms with van der Waals surface area (Å²) in [6, 6.07) is 3.44. The Balaban J connectivity index is 2.19. The molecule has 0 saturated carbocycles. The molecule has 0 aliphatic rings. The summed E-state index contributed by atoms with van der Waals surface area (Å²) < 4.78 is 10.4. The Morgan fingerprint density at radius 1 is 1.24 bits per heavy atom. The van der Waals surface area contributed by atoms with E-state index >= 15 is 0 Å². The molecular formula is C16H20ClN5O3. The van der Waals surface area contributed by atoms with Gasteiger partial charge in [-0.15, -0.1) is 10.2 Å². The van der Waals surface area contributed by atoms with Crippen LogP contribution in [0.5, 0.6) is 11.5 Å². The van der Waals surface area contributed by atoms with Crippen LogP contribution in [0.25, 0.3) is 0 Å². The van der Waals surface area contributed by atoms with Gasteiger partial charge in [0.1, 0.15) is 5.69 Å². The molecule has 134 valence electrons. The third kappa shape index (κ3) is 4.27. The Bertz CT molecular complexity index is 843. The largest absolute Gasteiger partial charge is 0.493 e. The van der Waals surface area contributed by atoms with Gasteiger partial charge in [-0.25, -0.2) is 5.43 Å². The number of benzene rings is 1. The molecule has 0 saturated heterocycles. The topological polar surface area (TPSA) is 101 Å². The van der Waals surface area contributed by atoms with E-state index in [4.69, 9.17) is 21.1 Å². The van der Waals surface area contributed by atoms with Crippen LogP contribution in [0.1, 0.15) is 32.0 Å². The number of hydrogen-bond acceptors (Lipinski definition) is 7. The average Bonchev–Trinajstić information content (AvgIpc) is 2.55. The van der Waals surface area contributed by atoms with Crippen LogP contribution in [0, 0.1) is 0 Å². The molecule has 8 nitrogen and oxygen atoms in total. The van der Waals surface area contributed by atoms with E-state index in [9.17, 15) is 4.79 Å². The molecule has 1 heterocycles. The predicted octanol–water partition coefficient (Wildman–Crippen LogP) is 2.58. The Hall–Kier alpha value is -2.61. The van der Waals surface area contributed by atoms with Gasteiger partial charge in [-0.05, 0) is 12.1 Å². The van der Waals surface area contributed by atoms with Crippen molar-refractivity contribution in [3.63, 3.8) is 0 Å². The smallest absolute Gasteiger partial charge is 0.274 e. The van der Waals surface area contributed by atoms with Gasteiger partial charge in [0.15, 0.2) is 11.5 Å². The molecule has 0 aliphatic heterocycles. The van der Waals surface area contributed by atoms with Crippen molar-refractivity contribution in [1.29, 1.82) is 0 Å². The van der Waals surface area contributed by atoms with Gasteiger partial charge in [0.25, 0.3) is 5.56 Å². The summed E-state index contributed by atoms with van der Waals surface area (Å²) in [4.78, 5) is 14.6. The van der Waals surface area contributed by atoms with Crippen molar-refractivity contribution in [2.45, 2.75) is 26.2 Å². The van der Waals surface area contributed by atoms with Gasteiger partial charge in [-0.2, -0.15) is 5.10 Å². The van der Waals surface area contributed by atoms with Crippen LogP contribution in [0.3, 0.4) is 0 Å². The van der Waals surface area contributed by atoms with Gasteiger partial charge in [0.05, 0.1) is 25.5 Å². The molecule has 0 radical (unpaired) electrons. The van der Waals surface area contributed by atoms with Crippen molar-refractivity contribution >= 4 is 23.8 Å². The number of halogens is 1. The number of hydrogen-bond donors (Lipinski definition) is 2. The van der Waals surface area contributed by atoms with Crippen LogP contribution in [0.2, 0.25) is 5.02 Å². The number of aromatic nitrogens is 3. The van der Waals surface area contributed by atoms with E-state index in [0.29, 0.717) is 27.8 Å². The van der Waals surface area contributed by atoms with Crippen LogP contribution in [0.15, 0.2) is 22.0 Å². The number of anilines is 1. The fourth-order valence-corrected chi connectivity index (χ4v) is 2.33. The van der Waals surface area contributed by atoms with Crippen molar-refractivity contribution in [2.75, 3.05) is 19.6 Å². The minimum absolute atomic E-state index is 0.130. The highest BCUT2D eigenvalue weighted by molar-refractivity contribution is 6.34. The minimum Gasteiger partial charge on any atom is -0.493 e. The van der Waals surface area contributed by atoms with E-state index in [1.165, 1.54) is 20.4 Å². The summed E-state index contributed by atoms with van der Waals surface area (Å²) in [7, 11) is 3.03. The normalized spacial score (nSPS) is 11.6. The van der Waals surface area contributed by atoms with E-state index in [-0.39, 0.29) is 11.5 Å². The molecule has 0 bridgehead atoms. The second-order valence-corrected chi connectivity index (χ2v) is 6.55. The monoisotopic (exact) mass is 365 g/mol. The highest BCUT2D eigenvalue weighted by Crippen LogP contribution is 2.36. The second-order valence-electron chi connectivity index (χ2n) is 6.18. The fourth-order valence-electron chi connectivity index (χ4n) is 2.05. The number of hydrazone groups is 1. The van der Waals surface area contributed by atoms with Crippen LogP contribution >= 0.6 is 11.6 Å². The summed E-state index contributed by atoms with van der Waals surface area (Å²) in [6.45, 7) is 5.66. The van der Waals surface area contributed by atoms with Crippen molar-refractivity contribution in [2.24, 2.45) is 5.10 Å². The van der Waals surface area contributed by atoms with Gasteiger partial charge in [0, 0.05) is 11.0 Å². The molecule has 1 aromatic heterocycles. The Morgan fingerprint density at radius 2 is 1.96 bits per heavy atom. The highest BCUT2D eigenvalue weighted by Gasteiger charge is 2.20. The lowest BCUT2D eigenvalue weighted by Gasteiger charge is -2.15. The first kappa shape index (κ1) is 18.7. The lowest BCUT2D eigenvalue weighted by molar-refractivity contribution is 0.355. The first-order valence-corrected chi connectivity index (χ1v) is 7.82. The van der Waals surface area contributed by atoms with Crippen molar-refractivity contribution in [1.82, 2.24) is 15.2 Å². The zero-order chi connectivity index (χ0) is 18.6. The predicted molar refractivity (Wildman–Crippen MR) is 97.1 cm³/mol. The number of nitrogens with zero attached hydrogens (tertiary/aromatic N) is 3. The van der Waals surface area contributed by atoms with Crippen LogP contribution in [-0.4, -0.2) is 35.6 Å². The van der Waals surface area contributed by atoms with Gasteiger partial charge < -0.3 is 9.47 Å². The maximum atomic E-state index is 12.0. The second kappa shape index (κ2) is 7.52. The maximum absolute atomic E-state index is 12.0. The molecule has 25 heavy (non-hydrogen) atoms. The number of methoxy groups -OCH3 is 2. The Labute approximate surface area is 150 Å². The van der Waals surface area contributed by atoms with E-state index < -0.39 is 5.41 Å². The number of nitrogens with one attached hydrogen (secondary N) is 2. The molecule has 9 heteroatoms. The molecule has 0 amide bonds. The first-order valence-electron chi connectivity index (χ1n) is 7.45. The molecule has 0 fully saturated rings. The Kier molecular flexibility index (Phi) is 5.63. The van der Waals surface area contributed by atoms with Gasteiger partial charge in [0.2, 0.25) is 5.95 Å². The van der Waals surface area contributed by atoms with Crippen molar-refractivity contribution in [3.8, 4) is 11.5 Å². The molecule has 2 rings (SSSR count). The van der Waals surface area contributed by atoms with Crippen molar-refractivity contribution in [3.05, 3.63) is 38.8 Å². The SMILES string of the molecule is COc1ccc(/C=N/Nc2nnc(C(C)(C)C)c(=O)[nH]2)c(Cl)c1OC. The van der Waals surface area contributed by atoms with Gasteiger partial charge in [-0.3, -0.25) is 9.78 Å². The lowest BCUT2D eigenvalue weighted by Crippen LogP contribution is -2.28. The molecule has 2 aromatic rings. The quantitative estimate of drug-likeness (QED) is 0.623. The van der Waals surface area contributed by atoms with Crippen LogP contribution in [-0.2, 0) is 5.41 Å².